The third-order valence-electron chi connectivity index (χ3n) is 3.25. The number of hydrogen-bond acceptors (Lipinski definition) is 5. The van der Waals surface area contributed by atoms with Crippen molar-refractivity contribution in [2.75, 3.05) is 5.32 Å². The summed E-state index contributed by atoms with van der Waals surface area (Å²) in [6.07, 6.45) is 2.06. The monoisotopic (exact) mass is 293 g/mol. The number of hydrogen-bond donors (Lipinski definition) is 2. The van der Waals surface area contributed by atoms with Crippen LogP contribution in [-0.4, -0.2) is 21.9 Å². The molecule has 1 fully saturated rings. The summed E-state index contributed by atoms with van der Waals surface area (Å²) in [5.74, 6) is 0.868. The number of rotatable bonds is 4. The fourth-order valence-corrected chi connectivity index (χ4v) is 2.05. The molecule has 1 amide bonds. The van der Waals surface area contributed by atoms with Gasteiger partial charge in [-0.3, -0.25) is 4.79 Å². The lowest BCUT2D eigenvalue weighted by Crippen LogP contribution is -2.26. The van der Waals surface area contributed by atoms with Gasteiger partial charge in [0.05, 0.1) is 11.6 Å². The van der Waals surface area contributed by atoms with Crippen LogP contribution in [-0.2, 0) is 0 Å². The van der Waals surface area contributed by atoms with Crippen molar-refractivity contribution in [2.45, 2.75) is 25.8 Å². The van der Waals surface area contributed by atoms with E-state index < -0.39 is 0 Å². The number of nitrogens with zero attached hydrogens (tertiary/aromatic N) is 3. The van der Waals surface area contributed by atoms with Gasteiger partial charge in [-0.05, 0) is 38.0 Å². The van der Waals surface area contributed by atoms with E-state index in [0.717, 1.165) is 18.5 Å². The van der Waals surface area contributed by atoms with Gasteiger partial charge < -0.3 is 10.6 Å². The summed E-state index contributed by atoms with van der Waals surface area (Å²) >= 11 is 0. The Hall–Kier alpha value is -2.94. The quantitative estimate of drug-likeness (QED) is 0.902. The molecule has 2 N–H and O–H groups in total. The molecule has 1 aromatic carbocycles. The summed E-state index contributed by atoms with van der Waals surface area (Å²) in [5.41, 5.74) is 1.64. The van der Waals surface area contributed by atoms with Crippen LogP contribution in [0.5, 0.6) is 0 Å². The summed E-state index contributed by atoms with van der Waals surface area (Å²) in [6, 6.07) is 11.1. The van der Waals surface area contributed by atoms with E-state index in [9.17, 15) is 4.79 Å². The maximum absolute atomic E-state index is 12.1. The zero-order valence-corrected chi connectivity index (χ0v) is 12.1. The topological polar surface area (TPSA) is 90.7 Å². The average Bonchev–Trinajstić information content (AvgIpc) is 3.30. The second-order valence-electron chi connectivity index (χ2n) is 5.25. The highest BCUT2D eigenvalue weighted by atomic mass is 16.2. The van der Waals surface area contributed by atoms with Crippen LogP contribution in [0.4, 0.5) is 11.5 Å². The highest BCUT2D eigenvalue weighted by molar-refractivity contribution is 5.93. The van der Waals surface area contributed by atoms with Crippen LogP contribution < -0.4 is 10.6 Å². The van der Waals surface area contributed by atoms with Crippen molar-refractivity contribution < 1.29 is 4.79 Å². The summed E-state index contributed by atoms with van der Waals surface area (Å²) in [6.45, 7) is 1.74. The molecule has 6 heteroatoms. The van der Waals surface area contributed by atoms with Gasteiger partial charge in [0.2, 0.25) is 0 Å². The molecule has 0 bridgehead atoms. The lowest BCUT2D eigenvalue weighted by Gasteiger charge is -2.09. The Morgan fingerprint density at radius 2 is 2.14 bits per heavy atom. The molecule has 1 heterocycles. The summed E-state index contributed by atoms with van der Waals surface area (Å²) in [4.78, 5) is 20.5. The SMILES string of the molecule is Cc1nc(Nc2cccc(C#N)c2)cc(C(=O)NC2CC2)n1. The van der Waals surface area contributed by atoms with Crippen LogP contribution in [0.1, 0.15) is 34.7 Å². The lowest BCUT2D eigenvalue weighted by atomic mass is 10.2. The Bertz CT molecular complexity index is 761. The van der Waals surface area contributed by atoms with Gasteiger partial charge in [-0.25, -0.2) is 9.97 Å². The largest absolute Gasteiger partial charge is 0.348 e. The molecule has 0 aliphatic heterocycles. The smallest absolute Gasteiger partial charge is 0.270 e. The van der Waals surface area contributed by atoms with Gasteiger partial charge in [-0.1, -0.05) is 6.07 Å². The van der Waals surface area contributed by atoms with E-state index in [-0.39, 0.29) is 11.9 Å². The molecule has 0 saturated heterocycles. The van der Waals surface area contributed by atoms with Gasteiger partial charge in [0, 0.05) is 17.8 Å². The van der Waals surface area contributed by atoms with Crippen LogP contribution in [0.15, 0.2) is 30.3 Å². The van der Waals surface area contributed by atoms with E-state index >= 15 is 0 Å². The normalized spacial score (nSPS) is 13.3. The van der Waals surface area contributed by atoms with Crippen LogP contribution in [0.2, 0.25) is 0 Å². The molecular weight excluding hydrogens is 278 g/mol. The fraction of sp³-hybridized carbons (Fsp3) is 0.250. The zero-order valence-electron chi connectivity index (χ0n) is 12.1. The van der Waals surface area contributed by atoms with Crippen LogP contribution in [0.25, 0.3) is 0 Å². The first-order valence-electron chi connectivity index (χ1n) is 7.08. The first-order chi connectivity index (χ1) is 10.6. The Kier molecular flexibility index (Phi) is 3.71. The Labute approximate surface area is 128 Å². The number of carbonyl (C=O) groups excluding carboxylic acids is 1. The minimum Gasteiger partial charge on any atom is -0.348 e. The molecule has 1 saturated carbocycles. The minimum atomic E-state index is -0.179. The van der Waals surface area contributed by atoms with Gasteiger partial charge in [0.1, 0.15) is 17.3 Å². The van der Waals surface area contributed by atoms with Crippen molar-refractivity contribution in [1.82, 2.24) is 15.3 Å². The third kappa shape index (κ3) is 3.38. The molecular formula is C16H15N5O. The van der Waals surface area contributed by atoms with E-state index in [0.29, 0.717) is 22.9 Å². The van der Waals surface area contributed by atoms with Crippen molar-refractivity contribution in [3.63, 3.8) is 0 Å². The molecule has 0 atom stereocenters. The number of benzene rings is 1. The highest BCUT2D eigenvalue weighted by Gasteiger charge is 2.24. The van der Waals surface area contributed by atoms with E-state index in [1.165, 1.54) is 0 Å². The van der Waals surface area contributed by atoms with E-state index in [1.807, 2.05) is 6.07 Å². The first-order valence-corrected chi connectivity index (χ1v) is 7.08. The van der Waals surface area contributed by atoms with Gasteiger partial charge in [0.15, 0.2) is 0 Å². The molecule has 22 heavy (non-hydrogen) atoms. The predicted molar refractivity (Wildman–Crippen MR) is 81.7 cm³/mol. The van der Waals surface area contributed by atoms with Crippen molar-refractivity contribution in [1.29, 1.82) is 5.26 Å². The summed E-state index contributed by atoms with van der Waals surface area (Å²) < 4.78 is 0. The summed E-state index contributed by atoms with van der Waals surface area (Å²) in [7, 11) is 0. The van der Waals surface area contributed by atoms with Crippen LogP contribution in [0.3, 0.4) is 0 Å². The third-order valence-corrected chi connectivity index (χ3v) is 3.25. The molecule has 2 aromatic rings. The molecule has 1 aliphatic rings. The van der Waals surface area contributed by atoms with E-state index in [4.69, 9.17) is 5.26 Å². The molecule has 0 spiro atoms. The number of nitriles is 1. The van der Waals surface area contributed by atoms with E-state index in [1.54, 1.807) is 31.2 Å². The Morgan fingerprint density at radius 3 is 2.86 bits per heavy atom. The average molecular weight is 293 g/mol. The lowest BCUT2D eigenvalue weighted by molar-refractivity contribution is 0.0945. The summed E-state index contributed by atoms with van der Waals surface area (Å²) in [5, 5.41) is 14.9. The maximum Gasteiger partial charge on any atom is 0.270 e. The number of aryl methyl sites for hydroxylation is 1. The van der Waals surface area contributed by atoms with E-state index in [2.05, 4.69) is 26.7 Å². The van der Waals surface area contributed by atoms with Gasteiger partial charge >= 0.3 is 0 Å². The van der Waals surface area contributed by atoms with Crippen molar-refractivity contribution in [2.24, 2.45) is 0 Å². The van der Waals surface area contributed by atoms with Crippen molar-refractivity contribution in [3.8, 4) is 6.07 Å². The number of amides is 1. The molecule has 1 aromatic heterocycles. The molecule has 6 nitrogen and oxygen atoms in total. The number of nitrogens with one attached hydrogen (secondary N) is 2. The zero-order chi connectivity index (χ0) is 15.5. The van der Waals surface area contributed by atoms with Gasteiger partial charge in [0.25, 0.3) is 5.91 Å². The van der Waals surface area contributed by atoms with Crippen molar-refractivity contribution in [3.05, 3.63) is 47.4 Å². The molecule has 0 unspecified atom stereocenters. The second-order valence-corrected chi connectivity index (χ2v) is 5.25. The first kappa shape index (κ1) is 14.0. The Balaban J connectivity index is 1.82. The minimum absolute atomic E-state index is 0.179. The molecule has 3 rings (SSSR count). The number of carbonyl (C=O) groups is 1. The predicted octanol–water partition coefficient (Wildman–Crippen LogP) is 2.29. The fourth-order valence-electron chi connectivity index (χ4n) is 2.05. The number of aromatic nitrogens is 2. The Morgan fingerprint density at radius 1 is 1.32 bits per heavy atom. The standard InChI is InChI=1S/C16H15N5O/c1-10-18-14(16(22)21-12-5-6-12)8-15(19-10)20-13-4-2-3-11(7-13)9-17/h2-4,7-8,12H,5-6H2,1H3,(H,21,22)(H,18,19,20). The van der Waals surface area contributed by atoms with Crippen LogP contribution >= 0.6 is 0 Å². The molecule has 110 valence electrons. The second kappa shape index (κ2) is 5.82. The van der Waals surface area contributed by atoms with Crippen LogP contribution in [0, 0.1) is 18.3 Å². The number of anilines is 2. The van der Waals surface area contributed by atoms with Crippen molar-refractivity contribution >= 4 is 17.4 Å². The highest BCUT2D eigenvalue weighted by Crippen LogP contribution is 2.20. The van der Waals surface area contributed by atoms with Gasteiger partial charge in [-0.2, -0.15) is 5.26 Å². The molecule has 1 aliphatic carbocycles. The maximum atomic E-state index is 12.1. The molecule has 0 radical (unpaired) electrons. The van der Waals surface area contributed by atoms with Gasteiger partial charge in [-0.15, -0.1) is 0 Å².